The van der Waals surface area contributed by atoms with Gasteiger partial charge in [0, 0.05) is 5.38 Å². The molecule has 0 aliphatic heterocycles. The fourth-order valence-corrected chi connectivity index (χ4v) is 1.82. The van der Waals surface area contributed by atoms with E-state index in [9.17, 15) is 8.42 Å². The van der Waals surface area contributed by atoms with Crippen molar-refractivity contribution in [1.29, 1.82) is 0 Å². The van der Waals surface area contributed by atoms with E-state index in [2.05, 4.69) is 4.72 Å². The molecule has 10 heavy (non-hydrogen) atoms. The Hall–Kier alpha value is 0.200. The van der Waals surface area contributed by atoms with Crippen LogP contribution in [0.25, 0.3) is 0 Å². The smallest absolute Gasteiger partial charge is 0.212 e. The molecule has 0 aromatic rings. The Morgan fingerprint density at radius 3 is 2.40 bits per heavy atom. The highest BCUT2D eigenvalue weighted by Gasteiger charge is 2.12. The van der Waals surface area contributed by atoms with Gasteiger partial charge in [-0.15, -0.1) is 11.6 Å². The lowest BCUT2D eigenvalue weighted by atomic mass is 10.4. The summed E-state index contributed by atoms with van der Waals surface area (Å²) < 4.78 is 23.7. The molecule has 0 saturated carbocycles. The Balaban J connectivity index is 3.90. The van der Waals surface area contributed by atoms with Crippen molar-refractivity contribution < 1.29 is 8.42 Å². The summed E-state index contributed by atoms with van der Waals surface area (Å²) in [4.78, 5) is 0. The summed E-state index contributed by atoms with van der Waals surface area (Å²) in [5.74, 6) is 0.00154. The van der Waals surface area contributed by atoms with E-state index in [1.807, 2.05) is 6.92 Å². The van der Waals surface area contributed by atoms with Crippen LogP contribution in [0.3, 0.4) is 0 Å². The van der Waals surface area contributed by atoms with Gasteiger partial charge in [0.05, 0.1) is 5.75 Å². The molecule has 0 bridgehead atoms. The van der Waals surface area contributed by atoms with Gasteiger partial charge in [0.25, 0.3) is 0 Å². The van der Waals surface area contributed by atoms with Crippen molar-refractivity contribution in [1.82, 2.24) is 4.72 Å². The second-order valence-corrected chi connectivity index (χ2v) is 4.58. The zero-order valence-electron chi connectivity index (χ0n) is 6.09. The van der Waals surface area contributed by atoms with Gasteiger partial charge in [-0.05, 0) is 13.5 Å². The van der Waals surface area contributed by atoms with Crippen molar-refractivity contribution in [2.24, 2.45) is 0 Å². The maximum absolute atomic E-state index is 10.8. The number of alkyl halides is 1. The van der Waals surface area contributed by atoms with Crippen LogP contribution in [0, 0.1) is 0 Å². The van der Waals surface area contributed by atoms with Crippen molar-refractivity contribution in [3.8, 4) is 0 Å². The molecule has 0 aromatic carbocycles. The first-order valence-corrected chi connectivity index (χ1v) is 5.16. The van der Waals surface area contributed by atoms with Gasteiger partial charge in [-0.2, -0.15) is 0 Å². The molecule has 0 heterocycles. The molecule has 0 aliphatic carbocycles. The van der Waals surface area contributed by atoms with Crippen molar-refractivity contribution in [2.75, 3.05) is 12.8 Å². The molecule has 3 nitrogen and oxygen atoms in total. The molecule has 5 heteroatoms. The van der Waals surface area contributed by atoms with Crippen molar-refractivity contribution in [3.63, 3.8) is 0 Å². The largest absolute Gasteiger partial charge is 0.218 e. The molecular weight excluding hydrogens is 174 g/mol. The molecule has 0 rings (SSSR count). The van der Waals surface area contributed by atoms with Crippen LogP contribution in [-0.2, 0) is 10.0 Å². The summed E-state index contributed by atoms with van der Waals surface area (Å²) >= 11 is 5.61. The van der Waals surface area contributed by atoms with Gasteiger partial charge in [-0.25, -0.2) is 13.1 Å². The van der Waals surface area contributed by atoms with E-state index in [1.165, 1.54) is 7.05 Å². The number of sulfonamides is 1. The van der Waals surface area contributed by atoms with Gasteiger partial charge < -0.3 is 0 Å². The van der Waals surface area contributed by atoms with E-state index >= 15 is 0 Å². The second-order valence-electron chi connectivity index (χ2n) is 1.99. The lowest BCUT2D eigenvalue weighted by Gasteiger charge is -2.05. The number of hydrogen-bond acceptors (Lipinski definition) is 2. The highest BCUT2D eigenvalue weighted by Crippen LogP contribution is 2.03. The summed E-state index contributed by atoms with van der Waals surface area (Å²) in [6, 6.07) is 0. The van der Waals surface area contributed by atoms with Crippen LogP contribution in [0.1, 0.15) is 13.3 Å². The zero-order chi connectivity index (χ0) is 8.20. The summed E-state index contributed by atoms with van der Waals surface area (Å²) in [5, 5.41) is -0.280. The molecule has 0 aliphatic rings. The van der Waals surface area contributed by atoms with Crippen molar-refractivity contribution in [3.05, 3.63) is 0 Å². The third-order valence-electron chi connectivity index (χ3n) is 1.15. The highest BCUT2D eigenvalue weighted by molar-refractivity contribution is 7.89. The Bertz CT molecular complexity index is 178. The van der Waals surface area contributed by atoms with Crippen LogP contribution in [0.15, 0.2) is 0 Å². The third-order valence-corrected chi connectivity index (χ3v) is 3.26. The maximum atomic E-state index is 10.8. The first kappa shape index (κ1) is 10.2. The van der Waals surface area contributed by atoms with Crippen LogP contribution in [0.5, 0.6) is 0 Å². The molecule has 0 spiro atoms. The molecule has 0 radical (unpaired) electrons. The first-order chi connectivity index (χ1) is 4.52. The molecule has 1 atom stereocenters. The first-order valence-electron chi connectivity index (χ1n) is 3.07. The van der Waals surface area contributed by atoms with Gasteiger partial charge in [-0.1, -0.05) is 6.92 Å². The van der Waals surface area contributed by atoms with Crippen LogP contribution in [0.4, 0.5) is 0 Å². The number of nitrogens with one attached hydrogen (secondary N) is 1. The second kappa shape index (κ2) is 4.16. The Kier molecular flexibility index (Phi) is 4.24. The normalized spacial score (nSPS) is 15.1. The van der Waals surface area contributed by atoms with Crippen molar-refractivity contribution in [2.45, 2.75) is 18.7 Å². The van der Waals surface area contributed by atoms with E-state index in [0.717, 1.165) is 0 Å². The van der Waals surface area contributed by atoms with E-state index in [-0.39, 0.29) is 11.1 Å². The summed E-state index contributed by atoms with van der Waals surface area (Å²) in [7, 11) is -1.73. The fraction of sp³-hybridized carbons (Fsp3) is 1.00. The van der Waals surface area contributed by atoms with Crippen LogP contribution in [-0.4, -0.2) is 26.6 Å². The number of halogens is 1. The van der Waals surface area contributed by atoms with E-state index in [1.54, 1.807) is 0 Å². The van der Waals surface area contributed by atoms with Crippen LogP contribution < -0.4 is 4.72 Å². The molecule has 1 unspecified atom stereocenters. The fourth-order valence-electron chi connectivity index (χ4n) is 0.439. The minimum absolute atomic E-state index is 0.00154. The van der Waals surface area contributed by atoms with E-state index in [4.69, 9.17) is 11.6 Å². The molecular formula is C5H12ClNO2S. The van der Waals surface area contributed by atoms with Gasteiger partial charge >= 0.3 is 0 Å². The monoisotopic (exact) mass is 185 g/mol. The Morgan fingerprint density at radius 2 is 2.10 bits per heavy atom. The average molecular weight is 186 g/mol. The minimum Gasteiger partial charge on any atom is -0.218 e. The lowest BCUT2D eigenvalue weighted by Crippen LogP contribution is -2.26. The molecule has 62 valence electrons. The van der Waals surface area contributed by atoms with Gasteiger partial charge in [0.1, 0.15) is 0 Å². The SMILES string of the molecule is CCC(Cl)CS(=O)(=O)NC. The summed E-state index contributed by atoms with van der Waals surface area (Å²) in [6.45, 7) is 1.85. The summed E-state index contributed by atoms with van der Waals surface area (Å²) in [5.41, 5.74) is 0. The minimum atomic E-state index is -3.11. The predicted octanol–water partition coefficient (Wildman–Crippen LogP) is 0.553. The molecule has 0 saturated heterocycles. The maximum Gasteiger partial charge on any atom is 0.212 e. The number of rotatable bonds is 4. The Morgan fingerprint density at radius 1 is 1.60 bits per heavy atom. The predicted molar refractivity (Wildman–Crippen MR) is 42.8 cm³/mol. The highest BCUT2D eigenvalue weighted by atomic mass is 35.5. The lowest BCUT2D eigenvalue weighted by molar-refractivity contribution is 0.585. The third kappa shape index (κ3) is 4.09. The molecule has 0 amide bonds. The Labute approximate surface area is 66.8 Å². The molecule has 0 aromatic heterocycles. The quantitative estimate of drug-likeness (QED) is 0.651. The van der Waals surface area contributed by atoms with Gasteiger partial charge in [-0.3, -0.25) is 0 Å². The van der Waals surface area contributed by atoms with E-state index in [0.29, 0.717) is 6.42 Å². The van der Waals surface area contributed by atoms with Gasteiger partial charge in [0.2, 0.25) is 10.0 Å². The number of hydrogen-bond donors (Lipinski definition) is 1. The van der Waals surface area contributed by atoms with Gasteiger partial charge in [0.15, 0.2) is 0 Å². The molecule has 1 N–H and O–H groups in total. The topological polar surface area (TPSA) is 46.2 Å². The van der Waals surface area contributed by atoms with Crippen LogP contribution >= 0.6 is 11.6 Å². The standard InChI is InChI=1S/C5H12ClNO2S/c1-3-5(6)4-10(8,9)7-2/h5,7H,3-4H2,1-2H3. The average Bonchev–Trinajstić information content (AvgIpc) is 1.87. The zero-order valence-corrected chi connectivity index (χ0v) is 7.67. The van der Waals surface area contributed by atoms with Crippen LogP contribution in [0.2, 0.25) is 0 Å². The molecule has 0 fully saturated rings. The summed E-state index contributed by atoms with van der Waals surface area (Å²) in [6.07, 6.45) is 0.669. The van der Waals surface area contributed by atoms with E-state index < -0.39 is 10.0 Å². The van der Waals surface area contributed by atoms with Crippen molar-refractivity contribution >= 4 is 21.6 Å².